The molecule has 2 unspecified atom stereocenters. The molecule has 2 rings (SSSR count). The summed E-state index contributed by atoms with van der Waals surface area (Å²) in [4.78, 5) is 0. The Morgan fingerprint density at radius 1 is 1.20 bits per heavy atom. The number of likely N-dealkylation sites (N-methyl/N-ethyl adjacent to an activating group) is 1. The van der Waals surface area contributed by atoms with Gasteiger partial charge in [-0.2, -0.15) is 0 Å². The number of ether oxygens (including phenoxy) is 1. The third-order valence-electron chi connectivity index (χ3n) is 4.28. The Morgan fingerprint density at radius 3 is 2.55 bits per heavy atom. The van der Waals surface area contributed by atoms with Crippen LogP contribution in [0.4, 0.5) is 0 Å². The Labute approximate surface area is 123 Å². The molecule has 2 nitrogen and oxygen atoms in total. The number of rotatable bonds is 6. The molecule has 0 aromatic heterocycles. The monoisotopic (exact) mass is 275 g/mol. The number of aryl methyl sites for hydroxylation is 2. The van der Waals surface area contributed by atoms with E-state index in [0.717, 1.165) is 13.0 Å². The minimum atomic E-state index is 0.499. The molecule has 2 atom stereocenters. The van der Waals surface area contributed by atoms with Gasteiger partial charge >= 0.3 is 0 Å². The van der Waals surface area contributed by atoms with E-state index in [1.807, 2.05) is 0 Å². The fourth-order valence-corrected chi connectivity index (χ4v) is 3.24. The van der Waals surface area contributed by atoms with E-state index in [1.54, 1.807) is 0 Å². The van der Waals surface area contributed by atoms with Crippen molar-refractivity contribution in [2.24, 2.45) is 0 Å². The van der Waals surface area contributed by atoms with Gasteiger partial charge in [-0.25, -0.2) is 0 Å². The second-order valence-corrected chi connectivity index (χ2v) is 6.25. The molecule has 1 aromatic carbocycles. The van der Waals surface area contributed by atoms with Crippen LogP contribution < -0.4 is 5.32 Å². The van der Waals surface area contributed by atoms with Crippen molar-refractivity contribution in [1.29, 1.82) is 0 Å². The molecule has 20 heavy (non-hydrogen) atoms. The first-order chi connectivity index (χ1) is 9.67. The number of nitrogens with one attached hydrogen (secondary N) is 1. The Bertz CT molecular complexity index is 390. The Hall–Kier alpha value is -0.860. The molecular formula is C18H29NO. The van der Waals surface area contributed by atoms with E-state index in [4.69, 9.17) is 4.74 Å². The molecule has 0 spiro atoms. The van der Waals surface area contributed by atoms with E-state index in [-0.39, 0.29) is 0 Å². The molecule has 0 aliphatic carbocycles. The summed E-state index contributed by atoms with van der Waals surface area (Å²) in [6.45, 7) is 5.33. The van der Waals surface area contributed by atoms with Gasteiger partial charge in [0.15, 0.2) is 0 Å². The van der Waals surface area contributed by atoms with Gasteiger partial charge in [-0.3, -0.25) is 0 Å². The number of hydrogen-bond donors (Lipinski definition) is 1. The predicted octanol–water partition coefficient (Wildman–Crippen LogP) is 3.78. The molecule has 0 saturated carbocycles. The van der Waals surface area contributed by atoms with Crippen LogP contribution in [0.1, 0.15) is 48.8 Å². The summed E-state index contributed by atoms with van der Waals surface area (Å²) in [7, 11) is 2.08. The van der Waals surface area contributed by atoms with Gasteiger partial charge in [0.25, 0.3) is 0 Å². The number of hydrogen-bond acceptors (Lipinski definition) is 2. The minimum Gasteiger partial charge on any atom is -0.378 e. The highest BCUT2D eigenvalue weighted by atomic mass is 16.5. The second kappa shape index (κ2) is 7.80. The first-order valence-electron chi connectivity index (χ1n) is 8.03. The second-order valence-electron chi connectivity index (χ2n) is 6.25. The zero-order valence-electron chi connectivity index (χ0n) is 13.2. The lowest BCUT2D eigenvalue weighted by atomic mass is 9.96. The highest BCUT2D eigenvalue weighted by Crippen LogP contribution is 2.19. The third-order valence-corrected chi connectivity index (χ3v) is 4.28. The lowest BCUT2D eigenvalue weighted by Gasteiger charge is -2.25. The summed E-state index contributed by atoms with van der Waals surface area (Å²) in [5.74, 6) is 0. The van der Waals surface area contributed by atoms with Crippen molar-refractivity contribution in [2.45, 2.75) is 64.5 Å². The van der Waals surface area contributed by atoms with Gasteiger partial charge in [0, 0.05) is 12.6 Å². The molecule has 1 aliphatic heterocycles. The predicted molar refractivity (Wildman–Crippen MR) is 85.3 cm³/mol. The normalized spacial score (nSPS) is 20.9. The van der Waals surface area contributed by atoms with E-state index >= 15 is 0 Å². The van der Waals surface area contributed by atoms with Crippen LogP contribution >= 0.6 is 0 Å². The highest BCUT2D eigenvalue weighted by Gasteiger charge is 2.16. The van der Waals surface area contributed by atoms with Crippen LogP contribution in [0.15, 0.2) is 18.2 Å². The number of benzene rings is 1. The summed E-state index contributed by atoms with van der Waals surface area (Å²) < 4.78 is 5.83. The third kappa shape index (κ3) is 4.92. The fourth-order valence-electron chi connectivity index (χ4n) is 3.24. The standard InChI is InChI=1S/C18H29NO/c1-14-10-15(2)12-16(11-14)13-17(19-3)7-8-18-6-4-5-9-20-18/h10-12,17-19H,4-9,13H2,1-3H3. The average molecular weight is 275 g/mol. The lowest BCUT2D eigenvalue weighted by molar-refractivity contribution is 0.00870. The topological polar surface area (TPSA) is 21.3 Å². The molecule has 1 aliphatic rings. The zero-order valence-corrected chi connectivity index (χ0v) is 13.2. The molecule has 1 N–H and O–H groups in total. The maximum Gasteiger partial charge on any atom is 0.0575 e. The Kier molecular flexibility index (Phi) is 6.06. The molecule has 0 amide bonds. The van der Waals surface area contributed by atoms with Crippen LogP contribution in [0.5, 0.6) is 0 Å². The molecule has 1 aromatic rings. The molecule has 0 radical (unpaired) electrons. The van der Waals surface area contributed by atoms with Crippen molar-refractivity contribution in [2.75, 3.05) is 13.7 Å². The van der Waals surface area contributed by atoms with Gasteiger partial charge in [-0.05, 0) is 65.0 Å². The van der Waals surface area contributed by atoms with Crippen LogP contribution in [0.3, 0.4) is 0 Å². The van der Waals surface area contributed by atoms with Crippen molar-refractivity contribution in [3.63, 3.8) is 0 Å². The molecule has 0 bridgehead atoms. The van der Waals surface area contributed by atoms with Crippen molar-refractivity contribution in [3.05, 3.63) is 34.9 Å². The van der Waals surface area contributed by atoms with Crippen molar-refractivity contribution in [1.82, 2.24) is 5.32 Å². The summed E-state index contributed by atoms with van der Waals surface area (Å²) in [5, 5.41) is 3.47. The van der Waals surface area contributed by atoms with Gasteiger partial charge in [0.05, 0.1) is 6.10 Å². The van der Waals surface area contributed by atoms with Gasteiger partial charge < -0.3 is 10.1 Å². The summed E-state index contributed by atoms with van der Waals surface area (Å²) in [5.41, 5.74) is 4.18. The molecule has 112 valence electrons. The highest BCUT2D eigenvalue weighted by molar-refractivity contribution is 5.29. The Balaban J connectivity index is 1.84. The largest absolute Gasteiger partial charge is 0.378 e. The SMILES string of the molecule is CNC(CCC1CCCCO1)Cc1cc(C)cc(C)c1. The molecule has 1 fully saturated rings. The smallest absolute Gasteiger partial charge is 0.0575 e. The first-order valence-corrected chi connectivity index (χ1v) is 8.03. The van der Waals surface area contributed by atoms with Crippen molar-refractivity contribution >= 4 is 0 Å². The zero-order chi connectivity index (χ0) is 14.4. The summed E-state index contributed by atoms with van der Waals surface area (Å²) in [6.07, 6.45) is 7.84. The van der Waals surface area contributed by atoms with Gasteiger partial charge in [0.1, 0.15) is 0 Å². The van der Waals surface area contributed by atoms with Gasteiger partial charge in [-0.15, -0.1) is 0 Å². The fraction of sp³-hybridized carbons (Fsp3) is 0.667. The average Bonchev–Trinajstić information content (AvgIpc) is 2.43. The van der Waals surface area contributed by atoms with E-state index in [2.05, 4.69) is 44.4 Å². The quantitative estimate of drug-likeness (QED) is 0.853. The van der Waals surface area contributed by atoms with Crippen LogP contribution in [0.2, 0.25) is 0 Å². The maximum atomic E-state index is 5.83. The van der Waals surface area contributed by atoms with Crippen molar-refractivity contribution < 1.29 is 4.74 Å². The van der Waals surface area contributed by atoms with Crippen LogP contribution in [-0.4, -0.2) is 25.8 Å². The minimum absolute atomic E-state index is 0.499. The van der Waals surface area contributed by atoms with Crippen molar-refractivity contribution in [3.8, 4) is 0 Å². The van der Waals surface area contributed by atoms with E-state index in [9.17, 15) is 0 Å². The molecule has 1 saturated heterocycles. The van der Waals surface area contributed by atoms with Gasteiger partial charge in [-0.1, -0.05) is 29.3 Å². The van der Waals surface area contributed by atoms with E-state index < -0.39 is 0 Å². The summed E-state index contributed by atoms with van der Waals surface area (Å²) in [6, 6.07) is 7.43. The van der Waals surface area contributed by atoms with E-state index in [0.29, 0.717) is 12.1 Å². The molecule has 1 heterocycles. The van der Waals surface area contributed by atoms with Crippen LogP contribution in [0.25, 0.3) is 0 Å². The van der Waals surface area contributed by atoms with E-state index in [1.165, 1.54) is 48.8 Å². The Morgan fingerprint density at radius 2 is 1.95 bits per heavy atom. The van der Waals surface area contributed by atoms with Crippen LogP contribution in [0, 0.1) is 13.8 Å². The lowest BCUT2D eigenvalue weighted by Crippen LogP contribution is -2.30. The van der Waals surface area contributed by atoms with Gasteiger partial charge in [0.2, 0.25) is 0 Å². The molecule has 2 heteroatoms. The first kappa shape index (κ1) is 15.5. The maximum absolute atomic E-state index is 5.83. The van der Waals surface area contributed by atoms with Crippen LogP contribution in [-0.2, 0) is 11.2 Å². The summed E-state index contributed by atoms with van der Waals surface area (Å²) >= 11 is 0. The molecular weight excluding hydrogens is 246 g/mol.